The Labute approximate surface area is 159 Å². The molecule has 27 heavy (non-hydrogen) atoms. The Morgan fingerprint density at radius 3 is 2.37 bits per heavy atom. The summed E-state index contributed by atoms with van der Waals surface area (Å²) in [6, 6.07) is 3.95. The first kappa shape index (κ1) is 18.5. The molecule has 4 nitrogen and oxygen atoms in total. The summed E-state index contributed by atoms with van der Waals surface area (Å²) in [6.45, 7) is 5.65. The van der Waals surface area contributed by atoms with Crippen molar-refractivity contribution in [3.63, 3.8) is 0 Å². The van der Waals surface area contributed by atoms with E-state index in [1.54, 1.807) is 12.2 Å². The number of terminal acetylenes is 1. The summed E-state index contributed by atoms with van der Waals surface area (Å²) < 4.78 is 0. The fraction of sp³-hybridized carbons (Fsp3) is 0.391. The van der Waals surface area contributed by atoms with Crippen LogP contribution in [0.3, 0.4) is 0 Å². The smallest absolute Gasteiger partial charge is 0.196 e. The van der Waals surface area contributed by atoms with Gasteiger partial charge >= 0.3 is 0 Å². The van der Waals surface area contributed by atoms with E-state index in [4.69, 9.17) is 6.42 Å². The minimum atomic E-state index is -0.843. The van der Waals surface area contributed by atoms with E-state index in [1.165, 1.54) is 6.08 Å². The van der Waals surface area contributed by atoms with Crippen LogP contribution in [-0.4, -0.2) is 11.6 Å². The lowest BCUT2D eigenvalue weighted by Crippen LogP contribution is -2.53. The van der Waals surface area contributed by atoms with Gasteiger partial charge in [-0.1, -0.05) is 32.8 Å². The summed E-state index contributed by atoms with van der Waals surface area (Å²) >= 11 is 0. The number of ketones is 2. The second kappa shape index (κ2) is 5.84. The molecule has 0 amide bonds. The zero-order valence-corrected chi connectivity index (χ0v) is 15.5. The van der Waals surface area contributed by atoms with Crippen LogP contribution in [0.1, 0.15) is 33.6 Å². The summed E-state index contributed by atoms with van der Waals surface area (Å²) in [4.78, 5) is 25.2. The second-order valence-corrected chi connectivity index (χ2v) is 8.05. The van der Waals surface area contributed by atoms with Crippen molar-refractivity contribution in [2.45, 2.75) is 33.6 Å². The van der Waals surface area contributed by atoms with Gasteiger partial charge in [0.2, 0.25) is 0 Å². The van der Waals surface area contributed by atoms with E-state index in [0.717, 1.165) is 0 Å². The zero-order chi connectivity index (χ0) is 20.0. The number of fused-ring (bicyclic) bond motifs is 3. The summed E-state index contributed by atoms with van der Waals surface area (Å²) in [5.74, 6) is 7.38. The largest absolute Gasteiger partial charge is 0.293 e. The fourth-order valence-electron chi connectivity index (χ4n) is 5.08. The summed E-state index contributed by atoms with van der Waals surface area (Å²) in [6.07, 6.45) is 11.3. The molecule has 0 radical (unpaired) electrons. The molecule has 3 unspecified atom stereocenters. The number of carbonyl (C=O) groups excluding carboxylic acids is 2. The van der Waals surface area contributed by atoms with Gasteiger partial charge in [-0.15, -0.1) is 6.42 Å². The van der Waals surface area contributed by atoms with Crippen molar-refractivity contribution >= 4 is 11.6 Å². The third-order valence-corrected chi connectivity index (χ3v) is 6.29. The highest BCUT2D eigenvalue weighted by Crippen LogP contribution is 2.63. The minimum Gasteiger partial charge on any atom is -0.293 e. The lowest BCUT2D eigenvalue weighted by Gasteiger charge is -2.56. The van der Waals surface area contributed by atoms with Crippen LogP contribution in [0.5, 0.6) is 0 Å². The van der Waals surface area contributed by atoms with E-state index < -0.39 is 16.2 Å². The third kappa shape index (κ3) is 2.39. The fourth-order valence-corrected chi connectivity index (χ4v) is 5.08. The van der Waals surface area contributed by atoms with Gasteiger partial charge < -0.3 is 0 Å². The van der Waals surface area contributed by atoms with Crippen molar-refractivity contribution < 1.29 is 9.59 Å². The predicted octanol–water partition coefficient (Wildman–Crippen LogP) is 3.04. The van der Waals surface area contributed by atoms with Gasteiger partial charge in [-0.05, 0) is 48.3 Å². The second-order valence-electron chi connectivity index (χ2n) is 8.05. The molecule has 0 aromatic heterocycles. The zero-order valence-electron chi connectivity index (χ0n) is 15.5. The Hall–Kier alpha value is -3.34. The molecule has 0 heterocycles. The standard InChI is InChI=1S/C23H18N2O2/c1-5-6-8-23-9-7-18-21(2,3)20(27)16(14-25)11-22(18,4)19(23)10-17(26)15(12-23)13-24/h1,10-12,18H,7,9H2,2-4H3. The number of hydrogen-bond donors (Lipinski definition) is 0. The van der Waals surface area contributed by atoms with Crippen molar-refractivity contribution in [1.29, 1.82) is 10.5 Å². The maximum atomic E-state index is 12.8. The van der Waals surface area contributed by atoms with Gasteiger partial charge in [0.15, 0.2) is 11.6 Å². The van der Waals surface area contributed by atoms with Gasteiger partial charge in [0.1, 0.15) is 12.1 Å². The number of Topliss-reactive ketones (excluding diaryl/α,β-unsaturated/α-hetero) is 1. The first-order valence-electron chi connectivity index (χ1n) is 8.72. The van der Waals surface area contributed by atoms with Crippen molar-refractivity contribution in [3.8, 4) is 36.3 Å². The number of hydrogen-bond acceptors (Lipinski definition) is 4. The first-order chi connectivity index (χ1) is 12.7. The highest BCUT2D eigenvalue weighted by Gasteiger charge is 2.59. The van der Waals surface area contributed by atoms with Crippen molar-refractivity contribution in [1.82, 2.24) is 0 Å². The molecule has 0 spiro atoms. The Bertz CT molecular complexity index is 1050. The monoisotopic (exact) mass is 354 g/mol. The van der Waals surface area contributed by atoms with E-state index in [1.807, 2.05) is 32.9 Å². The van der Waals surface area contributed by atoms with Crippen LogP contribution in [0.15, 0.2) is 34.9 Å². The number of rotatable bonds is 0. The molecule has 0 N–H and O–H groups in total. The molecule has 3 rings (SSSR count). The van der Waals surface area contributed by atoms with Crippen LogP contribution < -0.4 is 0 Å². The predicted molar refractivity (Wildman–Crippen MR) is 99.1 cm³/mol. The topological polar surface area (TPSA) is 81.7 Å². The van der Waals surface area contributed by atoms with Gasteiger partial charge in [0.05, 0.1) is 16.6 Å². The van der Waals surface area contributed by atoms with Crippen molar-refractivity contribution in [2.24, 2.45) is 22.2 Å². The van der Waals surface area contributed by atoms with Gasteiger partial charge in [0.25, 0.3) is 0 Å². The lowest BCUT2D eigenvalue weighted by molar-refractivity contribution is -0.130. The highest BCUT2D eigenvalue weighted by atomic mass is 16.1. The summed E-state index contributed by atoms with van der Waals surface area (Å²) in [5, 5.41) is 18.8. The molecular formula is C23H18N2O2. The Morgan fingerprint density at radius 1 is 1.11 bits per heavy atom. The Balaban J connectivity index is 2.33. The Kier molecular flexibility index (Phi) is 3.99. The molecule has 0 aromatic rings. The lowest BCUT2D eigenvalue weighted by atomic mass is 9.45. The molecule has 0 aromatic carbocycles. The van der Waals surface area contributed by atoms with Gasteiger partial charge in [-0.2, -0.15) is 10.5 Å². The minimum absolute atomic E-state index is 0.0442. The number of carbonyl (C=O) groups is 2. The van der Waals surface area contributed by atoms with E-state index >= 15 is 0 Å². The molecule has 3 aliphatic carbocycles. The van der Waals surface area contributed by atoms with Crippen LogP contribution in [0.4, 0.5) is 0 Å². The van der Waals surface area contributed by atoms with Crippen molar-refractivity contribution in [3.05, 3.63) is 34.9 Å². The molecule has 0 saturated heterocycles. The number of allylic oxidation sites excluding steroid dienone is 6. The van der Waals surface area contributed by atoms with Gasteiger partial charge in [-0.25, -0.2) is 0 Å². The van der Waals surface area contributed by atoms with Crippen LogP contribution in [0, 0.1) is 69.0 Å². The molecule has 3 aliphatic rings. The molecule has 0 aliphatic heterocycles. The molecule has 3 atom stereocenters. The highest BCUT2D eigenvalue weighted by molar-refractivity contribution is 6.09. The van der Waals surface area contributed by atoms with Crippen LogP contribution in [-0.2, 0) is 9.59 Å². The quantitative estimate of drug-likeness (QED) is 0.626. The van der Waals surface area contributed by atoms with E-state index in [0.29, 0.717) is 18.4 Å². The normalized spacial score (nSPS) is 33.3. The average Bonchev–Trinajstić information content (AvgIpc) is 2.63. The molecule has 132 valence electrons. The molecule has 1 fully saturated rings. The number of nitrogens with zero attached hydrogens (tertiary/aromatic N) is 2. The average molecular weight is 354 g/mol. The van der Waals surface area contributed by atoms with E-state index in [9.17, 15) is 20.1 Å². The summed E-state index contributed by atoms with van der Waals surface area (Å²) in [7, 11) is 0. The SMILES string of the molecule is C#CC#CC12C=C(C#N)C(=O)C=C1C1(C)C=C(C#N)C(=O)C(C)(C)C1CC2. The van der Waals surface area contributed by atoms with E-state index in [2.05, 4.69) is 17.8 Å². The maximum absolute atomic E-state index is 12.8. The van der Waals surface area contributed by atoms with E-state index in [-0.39, 0.29) is 28.6 Å². The van der Waals surface area contributed by atoms with Crippen molar-refractivity contribution in [2.75, 3.05) is 0 Å². The van der Waals surface area contributed by atoms with Gasteiger partial charge in [0, 0.05) is 10.8 Å². The molecular weight excluding hydrogens is 336 g/mol. The number of nitriles is 2. The molecule has 1 saturated carbocycles. The summed E-state index contributed by atoms with van der Waals surface area (Å²) in [5.41, 5.74) is -1.44. The Morgan fingerprint density at radius 2 is 1.78 bits per heavy atom. The van der Waals surface area contributed by atoms with Crippen LogP contribution in [0.2, 0.25) is 0 Å². The van der Waals surface area contributed by atoms with Gasteiger partial charge in [-0.3, -0.25) is 9.59 Å². The molecule has 0 bridgehead atoms. The molecule has 4 heteroatoms. The van der Waals surface area contributed by atoms with Crippen LogP contribution >= 0.6 is 0 Å². The first-order valence-corrected chi connectivity index (χ1v) is 8.72. The maximum Gasteiger partial charge on any atom is 0.196 e. The van der Waals surface area contributed by atoms with Crippen LogP contribution in [0.25, 0.3) is 0 Å². The third-order valence-electron chi connectivity index (χ3n) is 6.29.